The van der Waals surface area contributed by atoms with Gasteiger partial charge in [0.2, 0.25) is 0 Å². The van der Waals surface area contributed by atoms with E-state index in [1.54, 1.807) is 0 Å². The largest absolute Gasteiger partial charge is 0.416 e. The van der Waals surface area contributed by atoms with E-state index in [4.69, 9.17) is 16.1 Å². The Kier molecular flexibility index (Phi) is 6.13. The highest BCUT2D eigenvalue weighted by molar-refractivity contribution is 9.10. The van der Waals surface area contributed by atoms with E-state index in [1.807, 2.05) is 5.32 Å². The predicted molar refractivity (Wildman–Crippen MR) is 103 cm³/mol. The number of carbonyl (C=O) groups excluding carboxylic acids is 2. The number of rotatable bonds is 3. The molecule has 0 radical (unpaired) electrons. The molecule has 2 aromatic carbocycles. The summed E-state index contributed by atoms with van der Waals surface area (Å²) in [7, 11) is 0. The van der Waals surface area contributed by atoms with Gasteiger partial charge in [-0.2, -0.15) is 13.2 Å². The Labute approximate surface area is 179 Å². The summed E-state index contributed by atoms with van der Waals surface area (Å²) >= 11 is 8.89. The second-order valence-electron chi connectivity index (χ2n) is 5.75. The molecule has 0 atom stereocenters. The van der Waals surface area contributed by atoms with E-state index in [2.05, 4.69) is 26.4 Å². The lowest BCUT2D eigenvalue weighted by atomic mass is 10.1. The molecule has 0 aliphatic heterocycles. The maximum absolute atomic E-state index is 13.8. The minimum atomic E-state index is -4.49. The molecule has 6 nitrogen and oxygen atoms in total. The van der Waals surface area contributed by atoms with Crippen LogP contribution in [0.1, 0.15) is 15.9 Å². The van der Waals surface area contributed by atoms with Gasteiger partial charge in [0.25, 0.3) is 5.91 Å². The second-order valence-corrected chi connectivity index (χ2v) is 6.95. The number of hydrogen-bond acceptors (Lipinski definition) is 4. The number of halogens is 6. The van der Waals surface area contributed by atoms with Crippen LogP contribution in [0.15, 0.2) is 51.5 Å². The smallest absolute Gasteiger partial charge is 0.353 e. The Bertz CT molecular complexity index is 1100. The molecule has 1 aromatic heterocycles. The van der Waals surface area contributed by atoms with E-state index in [0.29, 0.717) is 0 Å². The van der Waals surface area contributed by atoms with Gasteiger partial charge in [-0.25, -0.2) is 9.18 Å². The molecule has 1 heterocycles. The quantitative estimate of drug-likeness (QED) is 0.435. The van der Waals surface area contributed by atoms with Gasteiger partial charge in [0.1, 0.15) is 10.3 Å². The molecule has 0 bridgehead atoms. The van der Waals surface area contributed by atoms with Crippen molar-refractivity contribution >= 4 is 45.3 Å². The van der Waals surface area contributed by atoms with Crippen LogP contribution in [0.5, 0.6) is 0 Å². The Morgan fingerprint density at radius 2 is 1.77 bits per heavy atom. The Morgan fingerprint density at radius 3 is 2.37 bits per heavy atom. The summed E-state index contributed by atoms with van der Waals surface area (Å²) in [4.78, 5) is 24.1. The SMILES string of the molecule is O=C(NC(=O)c1c(F)cccc1Cl)Nc1noc(-c2ccc(C(F)(F)F)cc2)c1Br. The zero-order chi connectivity index (χ0) is 22.1. The van der Waals surface area contributed by atoms with Gasteiger partial charge in [-0.15, -0.1) is 0 Å². The summed E-state index contributed by atoms with van der Waals surface area (Å²) in [5, 5.41) is 7.50. The van der Waals surface area contributed by atoms with Crippen molar-refractivity contribution < 1.29 is 31.7 Å². The number of hydrogen-bond donors (Lipinski definition) is 2. The lowest BCUT2D eigenvalue weighted by molar-refractivity contribution is -0.137. The molecule has 0 aliphatic carbocycles. The van der Waals surface area contributed by atoms with Crippen LogP contribution in [0.3, 0.4) is 0 Å². The van der Waals surface area contributed by atoms with Crippen molar-refractivity contribution in [1.29, 1.82) is 0 Å². The van der Waals surface area contributed by atoms with Crippen LogP contribution in [0, 0.1) is 5.82 Å². The summed E-state index contributed by atoms with van der Waals surface area (Å²) in [5.41, 5.74) is -1.10. The number of urea groups is 1. The van der Waals surface area contributed by atoms with Crippen molar-refractivity contribution in [2.75, 3.05) is 5.32 Å². The Balaban J connectivity index is 1.73. The fraction of sp³-hybridized carbons (Fsp3) is 0.0556. The van der Waals surface area contributed by atoms with E-state index in [1.165, 1.54) is 24.3 Å². The zero-order valence-electron chi connectivity index (χ0n) is 14.5. The Morgan fingerprint density at radius 1 is 1.10 bits per heavy atom. The van der Waals surface area contributed by atoms with Crippen molar-refractivity contribution in [2.24, 2.45) is 0 Å². The molecule has 30 heavy (non-hydrogen) atoms. The minimum absolute atomic E-state index is 0.0440. The van der Waals surface area contributed by atoms with E-state index < -0.39 is 35.1 Å². The highest BCUT2D eigenvalue weighted by atomic mass is 79.9. The number of imide groups is 1. The zero-order valence-corrected chi connectivity index (χ0v) is 16.8. The number of nitrogens with one attached hydrogen (secondary N) is 2. The van der Waals surface area contributed by atoms with Gasteiger partial charge in [-0.05, 0) is 40.2 Å². The number of anilines is 1. The van der Waals surface area contributed by atoms with Crippen molar-refractivity contribution in [3.05, 3.63) is 68.9 Å². The highest BCUT2D eigenvalue weighted by Crippen LogP contribution is 2.36. The van der Waals surface area contributed by atoms with Gasteiger partial charge < -0.3 is 4.52 Å². The molecule has 3 amide bonds. The molecule has 3 rings (SSSR count). The third-order valence-corrected chi connectivity index (χ3v) is 4.81. The molecule has 3 aromatic rings. The van der Waals surface area contributed by atoms with E-state index in [-0.39, 0.29) is 26.6 Å². The van der Waals surface area contributed by atoms with Crippen LogP contribution >= 0.6 is 27.5 Å². The second kappa shape index (κ2) is 8.44. The summed E-state index contributed by atoms with van der Waals surface area (Å²) in [6, 6.07) is 6.58. The van der Waals surface area contributed by atoms with E-state index >= 15 is 0 Å². The van der Waals surface area contributed by atoms with Crippen LogP contribution < -0.4 is 10.6 Å². The van der Waals surface area contributed by atoms with Crippen LogP contribution in [0.4, 0.5) is 28.2 Å². The van der Waals surface area contributed by atoms with E-state index in [0.717, 1.165) is 18.2 Å². The van der Waals surface area contributed by atoms with Crippen LogP contribution in [0.2, 0.25) is 5.02 Å². The van der Waals surface area contributed by atoms with Crippen molar-refractivity contribution in [3.8, 4) is 11.3 Å². The van der Waals surface area contributed by atoms with Crippen LogP contribution in [-0.2, 0) is 6.18 Å². The van der Waals surface area contributed by atoms with Gasteiger partial charge >= 0.3 is 12.2 Å². The first kappa shape index (κ1) is 21.8. The first-order chi connectivity index (χ1) is 14.1. The third kappa shape index (κ3) is 4.62. The molecular weight excluding hydrogens is 498 g/mol. The van der Waals surface area contributed by atoms with Crippen molar-refractivity contribution in [2.45, 2.75) is 6.18 Å². The first-order valence-electron chi connectivity index (χ1n) is 7.97. The average molecular weight is 507 g/mol. The molecule has 0 saturated heterocycles. The topological polar surface area (TPSA) is 84.2 Å². The molecule has 0 fully saturated rings. The van der Waals surface area contributed by atoms with Gasteiger partial charge in [0.05, 0.1) is 16.1 Å². The first-order valence-corrected chi connectivity index (χ1v) is 9.14. The molecule has 2 N–H and O–H groups in total. The fourth-order valence-electron chi connectivity index (χ4n) is 2.37. The van der Waals surface area contributed by atoms with Gasteiger partial charge in [0.15, 0.2) is 11.6 Å². The van der Waals surface area contributed by atoms with E-state index in [9.17, 15) is 27.2 Å². The maximum atomic E-state index is 13.8. The monoisotopic (exact) mass is 505 g/mol. The average Bonchev–Trinajstić information content (AvgIpc) is 3.01. The molecule has 0 spiro atoms. The normalized spacial score (nSPS) is 11.3. The molecule has 0 aliphatic rings. The molecule has 156 valence electrons. The summed E-state index contributed by atoms with van der Waals surface area (Å²) < 4.78 is 56.9. The van der Waals surface area contributed by atoms with Crippen molar-refractivity contribution in [1.82, 2.24) is 10.5 Å². The number of aromatic nitrogens is 1. The summed E-state index contributed by atoms with van der Waals surface area (Å²) in [6.45, 7) is 0. The Hall–Kier alpha value is -2.92. The number of benzene rings is 2. The molecule has 0 unspecified atom stereocenters. The lowest BCUT2D eigenvalue weighted by Crippen LogP contribution is -2.35. The number of nitrogens with zero attached hydrogens (tertiary/aromatic N) is 1. The van der Waals surface area contributed by atoms with Crippen LogP contribution in [0.25, 0.3) is 11.3 Å². The summed E-state index contributed by atoms with van der Waals surface area (Å²) in [6.07, 6.45) is -4.49. The van der Waals surface area contributed by atoms with Crippen molar-refractivity contribution in [3.63, 3.8) is 0 Å². The van der Waals surface area contributed by atoms with Gasteiger partial charge in [-0.1, -0.05) is 35.0 Å². The summed E-state index contributed by atoms with van der Waals surface area (Å²) in [5.74, 6) is -2.12. The molecular formula is C18H9BrClF4N3O3. The van der Waals surface area contributed by atoms with Crippen LogP contribution in [-0.4, -0.2) is 17.1 Å². The third-order valence-electron chi connectivity index (χ3n) is 3.76. The minimum Gasteiger partial charge on any atom is -0.353 e. The van der Waals surface area contributed by atoms with Gasteiger partial charge in [-0.3, -0.25) is 15.4 Å². The number of alkyl halides is 3. The molecule has 0 saturated carbocycles. The predicted octanol–water partition coefficient (Wildman–Crippen LogP) is 5.88. The lowest BCUT2D eigenvalue weighted by Gasteiger charge is -2.07. The highest BCUT2D eigenvalue weighted by Gasteiger charge is 2.30. The maximum Gasteiger partial charge on any atom is 0.416 e. The number of carbonyl (C=O) groups is 2. The van der Waals surface area contributed by atoms with Gasteiger partial charge in [0, 0.05) is 5.56 Å². The number of amides is 3. The molecule has 12 heteroatoms. The standard InChI is InChI=1S/C18H9BrClF4N3O3/c19-13-14(8-4-6-9(7-5-8)18(22,23)24)30-27-15(13)25-17(29)26-16(28)12-10(20)2-1-3-11(12)21/h1-7H,(H2,25,26,27,28,29). The fourth-order valence-corrected chi connectivity index (χ4v) is 3.09.